The number of likely N-dealkylation sites (tertiary alicyclic amines) is 1. The van der Waals surface area contributed by atoms with E-state index in [1.165, 1.54) is 12.0 Å². The minimum atomic E-state index is 0.595. The van der Waals surface area contributed by atoms with Crippen molar-refractivity contribution in [1.29, 1.82) is 0 Å². The van der Waals surface area contributed by atoms with Gasteiger partial charge < -0.3 is 10.2 Å². The Hall–Kier alpha value is -1.65. The fourth-order valence-electron chi connectivity index (χ4n) is 3.11. The average Bonchev–Trinajstić information content (AvgIpc) is 2.98. The number of piperidine rings is 1. The lowest BCUT2D eigenvalue weighted by Crippen LogP contribution is -2.42. The molecule has 22 heavy (non-hydrogen) atoms. The largest absolute Gasteiger partial charge is 0.444 e. The van der Waals surface area contributed by atoms with Gasteiger partial charge in [-0.2, -0.15) is 0 Å². The van der Waals surface area contributed by atoms with Gasteiger partial charge in [0.05, 0.1) is 5.69 Å². The first-order valence-electron chi connectivity index (χ1n) is 8.09. The second-order valence-corrected chi connectivity index (χ2v) is 6.51. The van der Waals surface area contributed by atoms with E-state index in [1.807, 2.05) is 0 Å². The number of aryl methyl sites for hydroxylation is 1. The summed E-state index contributed by atoms with van der Waals surface area (Å²) in [7, 11) is 0. The summed E-state index contributed by atoms with van der Waals surface area (Å²) in [6.07, 6.45) is 3.00. The first kappa shape index (κ1) is 15.3. The van der Waals surface area contributed by atoms with Crippen molar-refractivity contribution < 1.29 is 4.42 Å². The minimum Gasteiger partial charge on any atom is -0.444 e. The van der Waals surface area contributed by atoms with Crippen molar-refractivity contribution in [2.45, 2.75) is 26.8 Å². The van der Waals surface area contributed by atoms with E-state index in [0.29, 0.717) is 11.8 Å². The summed E-state index contributed by atoms with van der Waals surface area (Å²) in [5.41, 5.74) is 9.15. The van der Waals surface area contributed by atoms with Crippen LogP contribution in [0.25, 0.3) is 11.5 Å². The molecule has 1 fully saturated rings. The molecule has 0 spiro atoms. The molecule has 1 aliphatic rings. The highest BCUT2D eigenvalue weighted by Crippen LogP contribution is 2.24. The van der Waals surface area contributed by atoms with Gasteiger partial charge in [0.25, 0.3) is 0 Å². The van der Waals surface area contributed by atoms with E-state index in [9.17, 15) is 0 Å². The maximum atomic E-state index is 5.88. The molecule has 0 bridgehead atoms. The van der Waals surface area contributed by atoms with Crippen LogP contribution in [0.15, 0.2) is 34.9 Å². The van der Waals surface area contributed by atoms with E-state index in [2.05, 4.69) is 48.0 Å². The summed E-state index contributed by atoms with van der Waals surface area (Å²) < 4.78 is 5.64. The summed E-state index contributed by atoms with van der Waals surface area (Å²) >= 11 is 0. The van der Waals surface area contributed by atoms with Gasteiger partial charge in [0.2, 0.25) is 5.89 Å². The minimum absolute atomic E-state index is 0.595. The normalized spacial score (nSPS) is 22.9. The Bertz CT molecular complexity index is 605. The van der Waals surface area contributed by atoms with Crippen molar-refractivity contribution in [3.8, 4) is 11.5 Å². The van der Waals surface area contributed by atoms with Gasteiger partial charge in [-0.25, -0.2) is 4.98 Å². The monoisotopic (exact) mass is 299 g/mol. The SMILES string of the molecule is Cc1ccc(-c2nc(CN3CCC(C)C(CN)C3)co2)cc1. The number of hydrogen-bond acceptors (Lipinski definition) is 4. The van der Waals surface area contributed by atoms with Crippen LogP contribution in [0, 0.1) is 18.8 Å². The van der Waals surface area contributed by atoms with E-state index >= 15 is 0 Å². The van der Waals surface area contributed by atoms with Gasteiger partial charge in [-0.15, -0.1) is 0 Å². The second kappa shape index (κ2) is 6.63. The molecule has 1 saturated heterocycles. The Labute approximate surface area is 132 Å². The zero-order valence-electron chi connectivity index (χ0n) is 13.5. The second-order valence-electron chi connectivity index (χ2n) is 6.51. The molecule has 1 aliphatic heterocycles. The highest BCUT2D eigenvalue weighted by atomic mass is 16.3. The van der Waals surface area contributed by atoms with Crippen LogP contribution in [0.1, 0.15) is 24.6 Å². The Balaban J connectivity index is 1.65. The molecule has 3 rings (SSSR count). The van der Waals surface area contributed by atoms with Crippen molar-refractivity contribution in [1.82, 2.24) is 9.88 Å². The van der Waals surface area contributed by atoms with Crippen molar-refractivity contribution in [2.24, 2.45) is 17.6 Å². The van der Waals surface area contributed by atoms with Crippen LogP contribution in [-0.4, -0.2) is 29.5 Å². The molecular weight excluding hydrogens is 274 g/mol. The van der Waals surface area contributed by atoms with E-state index in [0.717, 1.165) is 43.4 Å². The number of aromatic nitrogens is 1. The van der Waals surface area contributed by atoms with Crippen LogP contribution in [-0.2, 0) is 6.54 Å². The summed E-state index contributed by atoms with van der Waals surface area (Å²) in [5, 5.41) is 0. The summed E-state index contributed by atoms with van der Waals surface area (Å²) in [4.78, 5) is 7.07. The Kier molecular flexibility index (Phi) is 4.60. The number of hydrogen-bond donors (Lipinski definition) is 1. The average molecular weight is 299 g/mol. The van der Waals surface area contributed by atoms with E-state index < -0.39 is 0 Å². The first-order chi connectivity index (χ1) is 10.7. The van der Waals surface area contributed by atoms with E-state index in [-0.39, 0.29) is 0 Å². The molecule has 1 aromatic heterocycles. The van der Waals surface area contributed by atoms with Gasteiger partial charge in [0, 0.05) is 18.7 Å². The topological polar surface area (TPSA) is 55.3 Å². The van der Waals surface area contributed by atoms with Gasteiger partial charge in [-0.05, 0) is 50.4 Å². The maximum Gasteiger partial charge on any atom is 0.226 e. The van der Waals surface area contributed by atoms with Gasteiger partial charge >= 0.3 is 0 Å². The van der Waals surface area contributed by atoms with E-state index in [4.69, 9.17) is 10.2 Å². The number of nitrogens with two attached hydrogens (primary N) is 1. The van der Waals surface area contributed by atoms with Gasteiger partial charge in [0.15, 0.2) is 0 Å². The molecule has 4 nitrogen and oxygen atoms in total. The quantitative estimate of drug-likeness (QED) is 0.942. The fourth-order valence-corrected chi connectivity index (χ4v) is 3.11. The molecule has 2 heterocycles. The van der Waals surface area contributed by atoms with Gasteiger partial charge in [-0.1, -0.05) is 24.6 Å². The lowest BCUT2D eigenvalue weighted by Gasteiger charge is -2.36. The van der Waals surface area contributed by atoms with Crippen LogP contribution in [0.3, 0.4) is 0 Å². The Morgan fingerprint density at radius 1 is 1.32 bits per heavy atom. The van der Waals surface area contributed by atoms with Crippen LogP contribution in [0.2, 0.25) is 0 Å². The van der Waals surface area contributed by atoms with Crippen LogP contribution < -0.4 is 5.73 Å². The standard InChI is InChI=1S/C18H25N3O/c1-13-3-5-15(6-4-13)18-20-17(12-22-18)11-21-8-7-14(2)16(9-19)10-21/h3-6,12,14,16H,7-11,19H2,1-2H3. The molecule has 2 N–H and O–H groups in total. The van der Waals surface area contributed by atoms with Crippen molar-refractivity contribution >= 4 is 0 Å². The molecule has 2 atom stereocenters. The predicted molar refractivity (Wildman–Crippen MR) is 88.3 cm³/mol. The van der Waals surface area contributed by atoms with Crippen LogP contribution in [0.4, 0.5) is 0 Å². The van der Waals surface area contributed by atoms with Crippen molar-refractivity contribution in [2.75, 3.05) is 19.6 Å². The Morgan fingerprint density at radius 3 is 2.82 bits per heavy atom. The smallest absolute Gasteiger partial charge is 0.226 e. The molecule has 0 saturated carbocycles. The molecule has 0 aliphatic carbocycles. The van der Waals surface area contributed by atoms with Crippen molar-refractivity contribution in [3.05, 3.63) is 41.8 Å². The number of nitrogens with zero attached hydrogens (tertiary/aromatic N) is 2. The molecule has 0 amide bonds. The molecule has 4 heteroatoms. The first-order valence-corrected chi connectivity index (χ1v) is 8.09. The molecule has 2 aromatic rings. The third-order valence-electron chi connectivity index (χ3n) is 4.74. The number of rotatable bonds is 4. The van der Waals surface area contributed by atoms with Crippen molar-refractivity contribution in [3.63, 3.8) is 0 Å². The maximum absolute atomic E-state index is 5.88. The van der Waals surface area contributed by atoms with Gasteiger partial charge in [-0.3, -0.25) is 4.90 Å². The number of benzene rings is 1. The van der Waals surface area contributed by atoms with Crippen LogP contribution >= 0.6 is 0 Å². The molecule has 118 valence electrons. The van der Waals surface area contributed by atoms with Crippen LogP contribution in [0.5, 0.6) is 0 Å². The summed E-state index contributed by atoms with van der Waals surface area (Å²) in [6.45, 7) is 8.18. The molecular formula is C18H25N3O. The summed E-state index contributed by atoms with van der Waals surface area (Å²) in [5.74, 6) is 2.02. The Morgan fingerprint density at radius 2 is 2.09 bits per heavy atom. The lowest BCUT2D eigenvalue weighted by molar-refractivity contribution is 0.125. The summed E-state index contributed by atoms with van der Waals surface area (Å²) in [6, 6.07) is 8.27. The molecule has 1 aromatic carbocycles. The zero-order chi connectivity index (χ0) is 15.5. The predicted octanol–water partition coefficient (Wildman–Crippen LogP) is 3.07. The fraction of sp³-hybridized carbons (Fsp3) is 0.500. The highest BCUT2D eigenvalue weighted by Gasteiger charge is 2.25. The number of oxazole rings is 1. The zero-order valence-corrected chi connectivity index (χ0v) is 13.5. The third kappa shape index (κ3) is 3.39. The third-order valence-corrected chi connectivity index (χ3v) is 4.74. The molecule has 2 unspecified atom stereocenters. The van der Waals surface area contributed by atoms with Gasteiger partial charge in [0.1, 0.15) is 6.26 Å². The molecule has 0 radical (unpaired) electrons. The highest BCUT2D eigenvalue weighted by molar-refractivity contribution is 5.53. The lowest BCUT2D eigenvalue weighted by atomic mass is 9.87. The van der Waals surface area contributed by atoms with E-state index in [1.54, 1.807) is 6.26 Å².